The summed E-state index contributed by atoms with van der Waals surface area (Å²) in [5.41, 5.74) is 5.61. The van der Waals surface area contributed by atoms with E-state index in [0.29, 0.717) is 0 Å². The highest BCUT2D eigenvalue weighted by Gasteiger charge is 2.40. The Kier molecular flexibility index (Phi) is 5.29. The molecule has 6 heteroatoms. The predicted octanol–water partition coefficient (Wildman–Crippen LogP) is 4.31. The van der Waals surface area contributed by atoms with Gasteiger partial charge in [0.2, 0.25) is 0 Å². The number of nitrogens with zero attached hydrogens (tertiary/aromatic N) is 2. The first kappa shape index (κ1) is 20.5. The van der Waals surface area contributed by atoms with Crippen LogP contribution in [0.5, 0.6) is 0 Å². The maximum atomic E-state index is 13.1. The van der Waals surface area contributed by atoms with Gasteiger partial charge in [-0.15, -0.1) is 0 Å². The minimum atomic E-state index is -0.620. The third-order valence-electron chi connectivity index (χ3n) is 6.83. The molecular formula is C26H27N3O3. The molecule has 1 saturated heterocycles. The molecule has 5 rings (SSSR count). The molecule has 0 atom stereocenters. The molecule has 0 radical (unpaired) electrons. The van der Waals surface area contributed by atoms with Crippen LogP contribution in [-0.2, 0) is 22.7 Å². The van der Waals surface area contributed by atoms with E-state index in [1.165, 1.54) is 16.0 Å². The monoisotopic (exact) mass is 429 g/mol. The van der Waals surface area contributed by atoms with Crippen LogP contribution in [-0.4, -0.2) is 28.8 Å². The second-order valence-corrected chi connectivity index (χ2v) is 8.95. The van der Waals surface area contributed by atoms with Gasteiger partial charge >= 0.3 is 6.03 Å². The van der Waals surface area contributed by atoms with Crippen molar-refractivity contribution in [1.29, 1.82) is 0 Å². The van der Waals surface area contributed by atoms with Crippen molar-refractivity contribution >= 4 is 29.6 Å². The first-order valence-corrected chi connectivity index (χ1v) is 11.3. The number of benzene rings is 2. The zero-order valence-corrected chi connectivity index (χ0v) is 18.3. The van der Waals surface area contributed by atoms with Crippen LogP contribution in [0.1, 0.15) is 54.4 Å². The van der Waals surface area contributed by atoms with Gasteiger partial charge in [-0.3, -0.25) is 19.8 Å². The number of carbonyl (C=O) groups excluding carboxylic acids is 3. The van der Waals surface area contributed by atoms with E-state index in [9.17, 15) is 14.4 Å². The fourth-order valence-electron chi connectivity index (χ4n) is 5.03. The van der Waals surface area contributed by atoms with Gasteiger partial charge in [-0.2, -0.15) is 0 Å². The number of aryl methyl sites for hydroxylation is 1. The number of carbonyl (C=O) groups is 3. The lowest BCUT2D eigenvalue weighted by Crippen LogP contribution is -2.58. The van der Waals surface area contributed by atoms with Gasteiger partial charge in [0.25, 0.3) is 11.8 Å². The summed E-state index contributed by atoms with van der Waals surface area (Å²) < 4.78 is 0. The first-order valence-electron chi connectivity index (χ1n) is 11.3. The highest BCUT2D eigenvalue weighted by molar-refractivity contribution is 6.31. The van der Waals surface area contributed by atoms with E-state index < -0.39 is 17.8 Å². The van der Waals surface area contributed by atoms with E-state index in [0.717, 1.165) is 62.0 Å². The van der Waals surface area contributed by atoms with Crippen LogP contribution in [0.4, 0.5) is 10.5 Å². The number of anilines is 1. The van der Waals surface area contributed by atoms with Crippen molar-refractivity contribution in [3.63, 3.8) is 0 Å². The lowest BCUT2D eigenvalue weighted by Gasteiger charge is -2.35. The van der Waals surface area contributed by atoms with Gasteiger partial charge in [0.1, 0.15) is 5.57 Å². The molecule has 3 aliphatic rings. The van der Waals surface area contributed by atoms with Gasteiger partial charge in [0, 0.05) is 24.8 Å². The molecule has 0 unspecified atom stereocenters. The third-order valence-corrected chi connectivity index (χ3v) is 6.83. The van der Waals surface area contributed by atoms with Crippen molar-refractivity contribution in [3.05, 3.63) is 70.3 Å². The van der Waals surface area contributed by atoms with Crippen LogP contribution < -0.4 is 10.2 Å². The summed E-state index contributed by atoms with van der Waals surface area (Å²) in [6.07, 6.45) is 6.33. The summed E-state index contributed by atoms with van der Waals surface area (Å²) in [5, 5.41) is 2.36. The van der Waals surface area contributed by atoms with E-state index in [-0.39, 0.29) is 11.6 Å². The lowest BCUT2D eigenvalue weighted by atomic mass is 9.93. The lowest BCUT2D eigenvalue weighted by molar-refractivity contribution is -0.132. The number of fused-ring (bicyclic) bond motifs is 1. The Labute approximate surface area is 187 Å². The van der Waals surface area contributed by atoms with Gasteiger partial charge in [-0.25, -0.2) is 4.79 Å². The fraction of sp³-hybridized carbons (Fsp3) is 0.346. The molecule has 1 N–H and O–H groups in total. The molecule has 2 aliphatic heterocycles. The van der Waals surface area contributed by atoms with Crippen molar-refractivity contribution in [2.24, 2.45) is 0 Å². The number of hydrogen-bond acceptors (Lipinski definition) is 4. The van der Waals surface area contributed by atoms with Gasteiger partial charge in [-0.05, 0) is 60.2 Å². The Morgan fingerprint density at radius 1 is 0.938 bits per heavy atom. The van der Waals surface area contributed by atoms with E-state index in [4.69, 9.17) is 0 Å². The van der Waals surface area contributed by atoms with Gasteiger partial charge in [-0.1, -0.05) is 49.6 Å². The first-order chi connectivity index (χ1) is 15.5. The summed E-state index contributed by atoms with van der Waals surface area (Å²) in [7, 11) is 0. The molecule has 2 aromatic rings. The van der Waals surface area contributed by atoms with Crippen molar-refractivity contribution in [1.82, 2.24) is 10.2 Å². The van der Waals surface area contributed by atoms with Crippen molar-refractivity contribution < 1.29 is 14.4 Å². The van der Waals surface area contributed by atoms with Crippen LogP contribution >= 0.6 is 0 Å². The fourth-order valence-corrected chi connectivity index (χ4v) is 5.03. The van der Waals surface area contributed by atoms with Crippen LogP contribution in [0.25, 0.3) is 6.08 Å². The van der Waals surface area contributed by atoms with E-state index in [1.807, 2.05) is 19.1 Å². The molecule has 4 amide bonds. The second-order valence-electron chi connectivity index (χ2n) is 8.95. The molecule has 2 fully saturated rings. The Bertz CT molecular complexity index is 1110. The molecule has 1 saturated carbocycles. The molecule has 0 spiro atoms. The Balaban J connectivity index is 1.39. The SMILES string of the molecule is Cc1cc(N2Cc3ccccc3C2)ccc1C=C1C(=O)NC(=O)N(C2CCCCC2)C1=O. The van der Waals surface area contributed by atoms with Crippen molar-refractivity contribution in [3.8, 4) is 0 Å². The Morgan fingerprint density at radius 2 is 1.62 bits per heavy atom. The summed E-state index contributed by atoms with van der Waals surface area (Å²) in [4.78, 5) is 41.6. The van der Waals surface area contributed by atoms with E-state index >= 15 is 0 Å². The molecular weight excluding hydrogens is 402 g/mol. The molecule has 1 aliphatic carbocycles. The molecule has 6 nitrogen and oxygen atoms in total. The van der Waals surface area contributed by atoms with Crippen molar-refractivity contribution in [2.45, 2.75) is 58.2 Å². The van der Waals surface area contributed by atoms with Crippen LogP contribution in [0, 0.1) is 6.92 Å². The predicted molar refractivity (Wildman–Crippen MR) is 123 cm³/mol. The number of hydrogen-bond donors (Lipinski definition) is 1. The quantitative estimate of drug-likeness (QED) is 0.583. The number of imide groups is 2. The average Bonchev–Trinajstić information content (AvgIpc) is 3.22. The minimum Gasteiger partial charge on any atom is -0.363 e. The van der Waals surface area contributed by atoms with Crippen LogP contribution in [0.15, 0.2) is 48.0 Å². The van der Waals surface area contributed by atoms with Gasteiger partial charge < -0.3 is 4.90 Å². The van der Waals surface area contributed by atoms with Gasteiger partial charge in [0.05, 0.1) is 0 Å². The summed E-state index contributed by atoms with van der Waals surface area (Å²) in [5.74, 6) is -1.10. The second kappa shape index (κ2) is 8.26. The topological polar surface area (TPSA) is 69.7 Å². The third kappa shape index (κ3) is 3.70. The zero-order valence-electron chi connectivity index (χ0n) is 18.3. The van der Waals surface area contributed by atoms with E-state index in [1.54, 1.807) is 6.08 Å². The summed E-state index contributed by atoms with van der Waals surface area (Å²) in [6, 6.07) is 13.8. The molecule has 0 bridgehead atoms. The maximum absolute atomic E-state index is 13.1. The smallest absolute Gasteiger partial charge is 0.331 e. The van der Waals surface area contributed by atoms with E-state index in [2.05, 4.69) is 40.5 Å². The molecule has 32 heavy (non-hydrogen) atoms. The highest BCUT2D eigenvalue weighted by Crippen LogP contribution is 2.31. The molecule has 2 aromatic carbocycles. The van der Waals surface area contributed by atoms with Crippen LogP contribution in [0.2, 0.25) is 0 Å². The zero-order chi connectivity index (χ0) is 22.2. The summed E-state index contributed by atoms with van der Waals surface area (Å²) in [6.45, 7) is 3.72. The largest absolute Gasteiger partial charge is 0.363 e. The number of barbiturate groups is 1. The number of rotatable bonds is 3. The van der Waals surface area contributed by atoms with Gasteiger partial charge in [0.15, 0.2) is 0 Å². The number of amides is 4. The molecule has 164 valence electrons. The summed E-state index contributed by atoms with van der Waals surface area (Å²) >= 11 is 0. The highest BCUT2D eigenvalue weighted by atomic mass is 16.2. The van der Waals surface area contributed by atoms with Crippen LogP contribution in [0.3, 0.4) is 0 Å². The average molecular weight is 430 g/mol. The number of nitrogens with one attached hydrogen (secondary N) is 1. The molecule has 2 heterocycles. The van der Waals surface area contributed by atoms with Crippen molar-refractivity contribution in [2.75, 3.05) is 4.90 Å². The normalized spacial score (nSPS) is 20.7. The molecule has 0 aromatic heterocycles. The maximum Gasteiger partial charge on any atom is 0.331 e. The Hall–Kier alpha value is -3.41. The standard InChI is InChI=1S/C26H27N3O3/c1-17-13-22(28-15-19-7-5-6-8-20(19)16-28)12-11-18(17)14-23-24(30)27-26(32)29(25(23)31)21-9-3-2-4-10-21/h5-8,11-14,21H,2-4,9-10,15-16H2,1H3,(H,27,30,32). The Morgan fingerprint density at radius 3 is 2.28 bits per heavy atom. The number of urea groups is 1. The minimum absolute atomic E-state index is 0.0274.